The van der Waals surface area contributed by atoms with Gasteiger partial charge in [0, 0.05) is 22.5 Å². The Balaban J connectivity index is 2.07. The first-order chi connectivity index (χ1) is 8.04. The Kier molecular flexibility index (Phi) is 3.58. The van der Waals surface area contributed by atoms with Crippen LogP contribution in [0.5, 0.6) is 0 Å². The van der Waals surface area contributed by atoms with Crippen LogP contribution in [0.4, 0.5) is 5.82 Å². The fourth-order valence-corrected chi connectivity index (χ4v) is 2.59. The van der Waals surface area contributed by atoms with Gasteiger partial charge in [-0.15, -0.1) is 0 Å². The van der Waals surface area contributed by atoms with Crippen molar-refractivity contribution in [2.75, 3.05) is 18.1 Å². The van der Waals surface area contributed by atoms with Crippen LogP contribution in [0.25, 0.3) is 0 Å². The fraction of sp³-hybridized carbons (Fsp3) is 0.500. The Morgan fingerprint density at radius 2 is 2.29 bits per heavy atom. The molecule has 92 valence electrons. The van der Waals surface area contributed by atoms with Crippen molar-refractivity contribution in [1.82, 2.24) is 4.98 Å². The highest BCUT2D eigenvalue weighted by Crippen LogP contribution is 2.46. The molecule has 0 bridgehead atoms. The number of hydrogen-bond donors (Lipinski definition) is 2. The van der Waals surface area contributed by atoms with Crippen LogP contribution in [-0.4, -0.2) is 27.5 Å². The second kappa shape index (κ2) is 4.82. The summed E-state index contributed by atoms with van der Waals surface area (Å²) in [6.45, 7) is 2.91. The quantitative estimate of drug-likeness (QED) is 0.802. The van der Waals surface area contributed by atoms with Gasteiger partial charge in [-0.25, -0.2) is 4.98 Å². The third-order valence-corrected chi connectivity index (χ3v) is 4.72. The van der Waals surface area contributed by atoms with Gasteiger partial charge in [0.2, 0.25) is 0 Å². The summed E-state index contributed by atoms with van der Waals surface area (Å²) in [5.41, 5.74) is 7.46. The topological polar surface area (TPSA) is 50.9 Å². The molecule has 1 aliphatic carbocycles. The molecule has 17 heavy (non-hydrogen) atoms. The molecule has 0 atom stereocenters. The van der Waals surface area contributed by atoms with Crippen LogP contribution in [0.1, 0.15) is 24.1 Å². The van der Waals surface area contributed by atoms with E-state index in [9.17, 15) is 0 Å². The van der Waals surface area contributed by atoms with Crippen molar-refractivity contribution in [2.45, 2.75) is 24.5 Å². The molecule has 1 aromatic heterocycles. The van der Waals surface area contributed by atoms with Gasteiger partial charge in [0.15, 0.2) is 0 Å². The lowest BCUT2D eigenvalue weighted by molar-refractivity contribution is 0.937. The third-order valence-electron chi connectivity index (χ3n) is 3.07. The predicted molar refractivity (Wildman–Crippen MR) is 78.8 cm³/mol. The third kappa shape index (κ3) is 3.10. The van der Waals surface area contributed by atoms with Gasteiger partial charge in [0.05, 0.1) is 0 Å². The van der Waals surface area contributed by atoms with E-state index >= 15 is 0 Å². The summed E-state index contributed by atoms with van der Waals surface area (Å²) in [6.07, 6.45) is 4.74. The molecule has 3 N–H and O–H groups in total. The van der Waals surface area contributed by atoms with Crippen LogP contribution in [0.2, 0.25) is 0 Å². The molecule has 5 heteroatoms. The minimum absolute atomic E-state index is 0.421. The average Bonchev–Trinajstić information content (AvgIpc) is 3.06. The van der Waals surface area contributed by atoms with Gasteiger partial charge >= 0.3 is 0 Å². The van der Waals surface area contributed by atoms with Crippen molar-refractivity contribution in [3.05, 3.63) is 23.4 Å². The van der Waals surface area contributed by atoms with Gasteiger partial charge < -0.3 is 11.1 Å². The predicted octanol–water partition coefficient (Wildman–Crippen LogP) is 2.33. The number of nitrogens with one attached hydrogen (secondary N) is 1. The summed E-state index contributed by atoms with van der Waals surface area (Å²) in [5.74, 6) is 0.869. The molecule has 2 rings (SSSR count). The molecule has 0 radical (unpaired) electrons. The number of anilines is 1. The Morgan fingerprint density at radius 3 is 2.82 bits per heavy atom. The zero-order chi connectivity index (χ0) is 12.5. The lowest BCUT2D eigenvalue weighted by Crippen LogP contribution is -2.19. The molecule has 0 saturated heterocycles. The molecular weight excluding hydrogens is 250 g/mol. The highest BCUT2D eigenvalue weighted by molar-refractivity contribution is 8.00. The van der Waals surface area contributed by atoms with E-state index in [4.69, 9.17) is 18.0 Å². The second-order valence-corrected chi connectivity index (χ2v) is 6.20. The highest BCUT2D eigenvalue weighted by Gasteiger charge is 2.41. The van der Waals surface area contributed by atoms with Crippen LogP contribution < -0.4 is 11.1 Å². The molecule has 1 aromatic rings. The van der Waals surface area contributed by atoms with Crippen molar-refractivity contribution in [1.29, 1.82) is 0 Å². The monoisotopic (exact) mass is 267 g/mol. The van der Waals surface area contributed by atoms with Gasteiger partial charge in [-0.2, -0.15) is 11.8 Å². The minimum atomic E-state index is 0.421. The Labute approximate surface area is 112 Å². The Morgan fingerprint density at radius 1 is 1.59 bits per heavy atom. The summed E-state index contributed by atoms with van der Waals surface area (Å²) >= 11 is 6.92. The molecule has 1 saturated carbocycles. The lowest BCUT2D eigenvalue weighted by Gasteiger charge is -2.14. The van der Waals surface area contributed by atoms with Crippen LogP contribution in [0, 0.1) is 6.92 Å². The molecule has 0 amide bonds. The van der Waals surface area contributed by atoms with Crippen molar-refractivity contribution in [3.63, 3.8) is 0 Å². The van der Waals surface area contributed by atoms with E-state index in [1.165, 1.54) is 12.8 Å². The molecule has 1 fully saturated rings. The molecule has 3 nitrogen and oxygen atoms in total. The second-order valence-electron chi connectivity index (χ2n) is 4.49. The first-order valence-electron chi connectivity index (χ1n) is 5.62. The van der Waals surface area contributed by atoms with E-state index in [2.05, 4.69) is 16.6 Å². The zero-order valence-corrected chi connectivity index (χ0v) is 11.8. The highest BCUT2D eigenvalue weighted by atomic mass is 32.2. The SMILES string of the molecule is CSC1(CNc2cc(C(N)=S)cc(C)n2)CC1. The maximum atomic E-state index is 5.64. The molecule has 0 aliphatic heterocycles. The van der Waals surface area contributed by atoms with E-state index < -0.39 is 0 Å². The van der Waals surface area contributed by atoms with Gasteiger partial charge in [-0.05, 0) is 38.2 Å². The molecule has 1 heterocycles. The van der Waals surface area contributed by atoms with Crippen LogP contribution in [0.15, 0.2) is 12.1 Å². The number of nitrogens with zero attached hydrogens (tertiary/aromatic N) is 1. The Bertz CT molecular complexity index is 441. The molecule has 1 aliphatic rings. The van der Waals surface area contributed by atoms with E-state index in [0.717, 1.165) is 23.6 Å². The first-order valence-corrected chi connectivity index (χ1v) is 7.25. The standard InChI is InChI=1S/C12H17N3S2/c1-8-5-9(11(13)16)6-10(15-8)14-7-12(17-2)3-4-12/h5-6H,3-4,7H2,1-2H3,(H2,13,16)(H,14,15). The summed E-state index contributed by atoms with van der Waals surface area (Å²) in [7, 11) is 0. The van der Waals surface area contributed by atoms with Crippen LogP contribution >= 0.6 is 24.0 Å². The largest absolute Gasteiger partial charge is 0.389 e. The van der Waals surface area contributed by atoms with Crippen molar-refractivity contribution < 1.29 is 0 Å². The maximum absolute atomic E-state index is 5.64. The number of pyridine rings is 1. The fourth-order valence-electron chi connectivity index (χ4n) is 1.75. The van der Waals surface area contributed by atoms with Gasteiger partial charge in [-0.1, -0.05) is 12.2 Å². The molecule has 0 unspecified atom stereocenters. The van der Waals surface area contributed by atoms with Crippen LogP contribution in [-0.2, 0) is 0 Å². The summed E-state index contributed by atoms with van der Waals surface area (Å²) in [5, 5.41) is 3.39. The molecule has 0 aromatic carbocycles. The molecular formula is C12H17N3S2. The van der Waals surface area contributed by atoms with E-state index in [-0.39, 0.29) is 0 Å². The number of rotatable bonds is 5. The van der Waals surface area contributed by atoms with Gasteiger partial charge in [0.25, 0.3) is 0 Å². The first kappa shape index (κ1) is 12.6. The number of aromatic nitrogens is 1. The summed E-state index contributed by atoms with van der Waals surface area (Å²) < 4.78 is 0.425. The number of hydrogen-bond acceptors (Lipinski definition) is 4. The van der Waals surface area contributed by atoms with Crippen molar-refractivity contribution in [2.24, 2.45) is 5.73 Å². The minimum Gasteiger partial charge on any atom is -0.389 e. The normalized spacial score (nSPS) is 16.6. The van der Waals surface area contributed by atoms with Gasteiger partial charge in [-0.3, -0.25) is 0 Å². The summed E-state index contributed by atoms with van der Waals surface area (Å²) in [4.78, 5) is 4.87. The number of thiocarbonyl (C=S) groups is 1. The molecule has 0 spiro atoms. The lowest BCUT2D eigenvalue weighted by atomic mass is 10.2. The number of nitrogens with two attached hydrogens (primary N) is 1. The van der Waals surface area contributed by atoms with Crippen molar-refractivity contribution in [3.8, 4) is 0 Å². The van der Waals surface area contributed by atoms with Crippen LogP contribution in [0.3, 0.4) is 0 Å². The smallest absolute Gasteiger partial charge is 0.126 e. The maximum Gasteiger partial charge on any atom is 0.126 e. The van der Waals surface area contributed by atoms with E-state index in [1.54, 1.807) is 0 Å². The van der Waals surface area contributed by atoms with Crippen molar-refractivity contribution >= 4 is 34.8 Å². The van der Waals surface area contributed by atoms with E-state index in [0.29, 0.717) is 9.74 Å². The van der Waals surface area contributed by atoms with Gasteiger partial charge in [0.1, 0.15) is 10.8 Å². The Hall–Kier alpha value is -0.810. The average molecular weight is 267 g/mol. The number of thioether (sulfide) groups is 1. The summed E-state index contributed by atoms with van der Waals surface area (Å²) in [6, 6.07) is 3.83. The number of aryl methyl sites for hydroxylation is 1. The van der Waals surface area contributed by atoms with E-state index in [1.807, 2.05) is 30.8 Å². The zero-order valence-electron chi connectivity index (χ0n) is 10.1.